The molecule has 3 nitrogen and oxygen atoms in total. The highest BCUT2D eigenvalue weighted by Gasteiger charge is 2.26. The van der Waals surface area contributed by atoms with Crippen LogP contribution in [0.2, 0.25) is 0 Å². The summed E-state index contributed by atoms with van der Waals surface area (Å²) in [4.78, 5) is 14.2. The van der Waals surface area contributed by atoms with Crippen molar-refractivity contribution in [1.82, 2.24) is 4.90 Å². The number of benzene rings is 2. The van der Waals surface area contributed by atoms with E-state index >= 15 is 0 Å². The number of carbonyl (C=O) groups excluding carboxylic acids is 1. The minimum Gasteiger partial charge on any atom is -0.335 e. The average Bonchev–Trinajstić information content (AvgIpc) is 2.45. The van der Waals surface area contributed by atoms with Crippen molar-refractivity contribution in [2.45, 2.75) is 19.4 Å². The Hall–Kier alpha value is -1.87. The molecule has 2 aromatic rings. The Morgan fingerprint density at radius 2 is 1.79 bits per heavy atom. The molecule has 0 aromatic heterocycles. The Morgan fingerprint density at radius 3 is 2.42 bits per heavy atom. The second-order valence-electron chi connectivity index (χ2n) is 5.44. The number of nitrogens with two attached hydrogens (primary N) is 1. The van der Waals surface area contributed by atoms with Gasteiger partial charge in [0, 0.05) is 24.7 Å². The number of likely N-dealkylation sites (N-methyl/N-ethyl adjacent to an activating group) is 1. The van der Waals surface area contributed by atoms with Gasteiger partial charge in [0.15, 0.2) is 0 Å². The maximum absolute atomic E-state index is 12.5. The molecule has 0 aliphatic carbocycles. The van der Waals surface area contributed by atoms with Gasteiger partial charge in [-0.05, 0) is 36.8 Å². The number of hydrogen-bond acceptors (Lipinski definition) is 2. The third-order valence-corrected chi connectivity index (χ3v) is 3.71. The molecule has 2 aromatic carbocycles. The van der Waals surface area contributed by atoms with Crippen LogP contribution in [-0.4, -0.2) is 29.9 Å². The average molecular weight is 256 g/mol. The van der Waals surface area contributed by atoms with E-state index in [9.17, 15) is 4.79 Å². The quantitative estimate of drug-likeness (QED) is 0.917. The lowest BCUT2D eigenvalue weighted by molar-refractivity contribution is 0.0640. The van der Waals surface area contributed by atoms with Gasteiger partial charge < -0.3 is 10.6 Å². The van der Waals surface area contributed by atoms with Gasteiger partial charge in [-0.3, -0.25) is 4.79 Å². The zero-order valence-corrected chi connectivity index (χ0v) is 11.7. The van der Waals surface area contributed by atoms with Crippen LogP contribution in [0.1, 0.15) is 24.2 Å². The Kier molecular flexibility index (Phi) is 3.58. The van der Waals surface area contributed by atoms with E-state index in [0.717, 1.165) is 10.8 Å². The summed E-state index contributed by atoms with van der Waals surface area (Å²) >= 11 is 0. The number of rotatable bonds is 3. The van der Waals surface area contributed by atoms with Crippen molar-refractivity contribution in [2.75, 3.05) is 13.6 Å². The Labute approximate surface area is 114 Å². The van der Waals surface area contributed by atoms with Crippen LogP contribution in [0, 0.1) is 0 Å². The third kappa shape index (κ3) is 2.61. The fraction of sp³-hybridized carbons (Fsp3) is 0.312. The van der Waals surface area contributed by atoms with Crippen LogP contribution in [0.3, 0.4) is 0 Å². The smallest absolute Gasteiger partial charge is 0.254 e. The number of carbonyl (C=O) groups is 1. The van der Waals surface area contributed by atoms with Gasteiger partial charge in [0.1, 0.15) is 0 Å². The second kappa shape index (κ2) is 5.02. The lowest BCUT2D eigenvalue weighted by Gasteiger charge is -2.34. The summed E-state index contributed by atoms with van der Waals surface area (Å²) in [6.45, 7) is 4.36. The van der Waals surface area contributed by atoms with E-state index in [1.165, 1.54) is 0 Å². The first-order valence-electron chi connectivity index (χ1n) is 6.43. The highest BCUT2D eigenvalue weighted by atomic mass is 16.2. The van der Waals surface area contributed by atoms with Crippen LogP contribution in [0.4, 0.5) is 0 Å². The van der Waals surface area contributed by atoms with E-state index in [1.54, 1.807) is 11.9 Å². The molecule has 0 spiro atoms. The topological polar surface area (TPSA) is 46.3 Å². The van der Waals surface area contributed by atoms with Gasteiger partial charge in [0.25, 0.3) is 5.91 Å². The maximum Gasteiger partial charge on any atom is 0.254 e. The molecule has 2 N–H and O–H groups in total. The van der Waals surface area contributed by atoms with E-state index in [2.05, 4.69) is 0 Å². The van der Waals surface area contributed by atoms with Gasteiger partial charge in [-0.1, -0.05) is 30.3 Å². The molecule has 0 unspecified atom stereocenters. The predicted molar refractivity (Wildman–Crippen MR) is 79.2 cm³/mol. The summed E-state index contributed by atoms with van der Waals surface area (Å²) in [5, 5.41) is 2.21. The first-order chi connectivity index (χ1) is 8.95. The van der Waals surface area contributed by atoms with Crippen molar-refractivity contribution in [3.63, 3.8) is 0 Å². The van der Waals surface area contributed by atoms with Crippen LogP contribution < -0.4 is 5.73 Å². The van der Waals surface area contributed by atoms with Crippen molar-refractivity contribution in [3.8, 4) is 0 Å². The number of amides is 1. The van der Waals surface area contributed by atoms with E-state index in [-0.39, 0.29) is 11.4 Å². The van der Waals surface area contributed by atoms with Gasteiger partial charge >= 0.3 is 0 Å². The van der Waals surface area contributed by atoms with E-state index in [4.69, 9.17) is 5.73 Å². The summed E-state index contributed by atoms with van der Waals surface area (Å²) in [5.74, 6) is 0.00111. The largest absolute Gasteiger partial charge is 0.335 e. The van der Waals surface area contributed by atoms with Gasteiger partial charge in [-0.2, -0.15) is 0 Å². The van der Waals surface area contributed by atoms with Gasteiger partial charge in [0.2, 0.25) is 0 Å². The molecule has 0 saturated carbocycles. The Morgan fingerprint density at radius 1 is 1.16 bits per heavy atom. The zero-order chi connectivity index (χ0) is 14.0. The van der Waals surface area contributed by atoms with Crippen LogP contribution >= 0.6 is 0 Å². The molecule has 0 aliphatic rings. The number of fused-ring (bicyclic) bond motifs is 1. The van der Waals surface area contributed by atoms with Crippen LogP contribution in [-0.2, 0) is 0 Å². The fourth-order valence-electron chi connectivity index (χ4n) is 1.93. The lowest BCUT2D eigenvalue weighted by atomic mass is 10.0. The lowest BCUT2D eigenvalue weighted by Crippen LogP contribution is -2.50. The summed E-state index contributed by atoms with van der Waals surface area (Å²) in [5.41, 5.74) is 6.07. The molecule has 0 radical (unpaired) electrons. The summed E-state index contributed by atoms with van der Waals surface area (Å²) < 4.78 is 0. The highest BCUT2D eigenvalue weighted by molar-refractivity contribution is 5.98. The molecule has 0 saturated heterocycles. The van der Waals surface area contributed by atoms with Crippen molar-refractivity contribution in [2.24, 2.45) is 5.73 Å². The third-order valence-electron chi connectivity index (χ3n) is 3.71. The normalized spacial score (nSPS) is 11.6. The molecule has 3 heteroatoms. The van der Waals surface area contributed by atoms with Gasteiger partial charge in [0.05, 0.1) is 0 Å². The zero-order valence-electron chi connectivity index (χ0n) is 11.7. The van der Waals surface area contributed by atoms with Crippen molar-refractivity contribution >= 4 is 16.7 Å². The molecule has 0 bridgehead atoms. The van der Waals surface area contributed by atoms with Gasteiger partial charge in [-0.15, -0.1) is 0 Å². The predicted octanol–water partition coefficient (Wildman–Crippen LogP) is 2.65. The van der Waals surface area contributed by atoms with Crippen molar-refractivity contribution < 1.29 is 4.79 Å². The highest BCUT2D eigenvalue weighted by Crippen LogP contribution is 2.19. The van der Waals surface area contributed by atoms with Crippen molar-refractivity contribution in [1.29, 1.82) is 0 Å². The first kappa shape index (κ1) is 13.6. The number of hydrogen-bond donors (Lipinski definition) is 1. The van der Waals surface area contributed by atoms with Crippen LogP contribution in [0.15, 0.2) is 42.5 Å². The molecule has 0 heterocycles. The molecule has 1 amide bonds. The molecular weight excluding hydrogens is 236 g/mol. The maximum atomic E-state index is 12.5. The molecule has 0 fully saturated rings. The minimum atomic E-state index is -0.345. The summed E-state index contributed by atoms with van der Waals surface area (Å²) in [7, 11) is 1.80. The SMILES string of the molecule is CN(C(=O)c1ccc2ccccc2c1)C(C)(C)CN. The molecular formula is C16H20N2O. The van der Waals surface area contributed by atoms with Crippen LogP contribution in [0.5, 0.6) is 0 Å². The Balaban J connectivity index is 2.36. The number of nitrogens with zero attached hydrogens (tertiary/aromatic N) is 1. The molecule has 0 atom stereocenters. The van der Waals surface area contributed by atoms with Crippen LogP contribution in [0.25, 0.3) is 10.8 Å². The van der Waals surface area contributed by atoms with Gasteiger partial charge in [-0.25, -0.2) is 0 Å². The first-order valence-corrected chi connectivity index (χ1v) is 6.43. The van der Waals surface area contributed by atoms with E-state index in [1.807, 2.05) is 56.3 Å². The summed E-state index contributed by atoms with van der Waals surface area (Å²) in [6, 6.07) is 13.8. The summed E-state index contributed by atoms with van der Waals surface area (Å²) in [6.07, 6.45) is 0. The minimum absolute atomic E-state index is 0.00111. The second-order valence-corrected chi connectivity index (χ2v) is 5.44. The molecule has 19 heavy (non-hydrogen) atoms. The standard InChI is InChI=1S/C16H20N2O/c1-16(2,11-17)18(3)15(19)14-9-8-12-6-4-5-7-13(12)10-14/h4-10H,11,17H2,1-3H3. The van der Waals surface area contributed by atoms with Crippen molar-refractivity contribution in [3.05, 3.63) is 48.0 Å². The molecule has 0 aliphatic heterocycles. The Bertz CT molecular complexity index is 604. The fourth-order valence-corrected chi connectivity index (χ4v) is 1.93. The molecule has 100 valence electrons. The molecule has 2 rings (SSSR count). The monoisotopic (exact) mass is 256 g/mol. The van der Waals surface area contributed by atoms with E-state index < -0.39 is 0 Å². The van der Waals surface area contributed by atoms with E-state index in [0.29, 0.717) is 12.1 Å².